The maximum Gasteiger partial charge on any atom is 0.0341 e. The van der Waals surface area contributed by atoms with Gasteiger partial charge in [-0.15, -0.1) is 0 Å². The Labute approximate surface area is 110 Å². The summed E-state index contributed by atoms with van der Waals surface area (Å²) in [7, 11) is 0. The molecular formula is C14H15BrN2. The molecule has 0 amide bonds. The molecule has 0 heterocycles. The van der Waals surface area contributed by atoms with Crippen LogP contribution in [0.1, 0.15) is 5.56 Å². The van der Waals surface area contributed by atoms with Gasteiger partial charge in [-0.2, -0.15) is 0 Å². The lowest BCUT2D eigenvalue weighted by atomic mass is 10.1. The minimum Gasteiger partial charge on any atom is -0.399 e. The normalized spacial score (nSPS) is 10.2. The van der Waals surface area contributed by atoms with Crippen LogP contribution in [-0.2, 0) is 6.42 Å². The Kier molecular flexibility index (Phi) is 4.04. The summed E-state index contributed by atoms with van der Waals surface area (Å²) in [4.78, 5) is 0. The van der Waals surface area contributed by atoms with Crippen molar-refractivity contribution in [2.24, 2.45) is 0 Å². The van der Waals surface area contributed by atoms with E-state index in [2.05, 4.69) is 45.5 Å². The minimum atomic E-state index is 0.814. The lowest BCUT2D eigenvalue weighted by Crippen LogP contribution is -2.04. The molecule has 0 fully saturated rings. The molecular weight excluding hydrogens is 276 g/mol. The molecule has 0 aliphatic rings. The highest BCUT2D eigenvalue weighted by Gasteiger charge is 1.94. The van der Waals surface area contributed by atoms with E-state index in [-0.39, 0.29) is 0 Å². The molecule has 0 aliphatic carbocycles. The molecule has 0 spiro atoms. The van der Waals surface area contributed by atoms with E-state index in [0.717, 1.165) is 28.8 Å². The Bertz CT molecular complexity index is 417. The average molecular weight is 291 g/mol. The van der Waals surface area contributed by atoms with E-state index in [1.165, 1.54) is 5.56 Å². The van der Waals surface area contributed by atoms with Crippen LogP contribution < -0.4 is 11.1 Å². The molecule has 0 aromatic heterocycles. The lowest BCUT2D eigenvalue weighted by Gasteiger charge is -2.06. The molecule has 0 aliphatic heterocycles. The van der Waals surface area contributed by atoms with Crippen LogP contribution in [0.15, 0.2) is 53.0 Å². The number of nitrogens with two attached hydrogens (primary N) is 1. The van der Waals surface area contributed by atoms with Crippen molar-refractivity contribution in [1.29, 1.82) is 0 Å². The zero-order valence-corrected chi connectivity index (χ0v) is 11.1. The average Bonchev–Trinajstić information content (AvgIpc) is 2.34. The number of benzene rings is 2. The van der Waals surface area contributed by atoms with Gasteiger partial charge in [0.2, 0.25) is 0 Å². The molecule has 3 N–H and O–H groups in total. The quantitative estimate of drug-likeness (QED) is 0.843. The van der Waals surface area contributed by atoms with Crippen molar-refractivity contribution in [3.05, 3.63) is 58.6 Å². The van der Waals surface area contributed by atoms with Gasteiger partial charge in [0.25, 0.3) is 0 Å². The Hall–Kier alpha value is -1.48. The molecule has 0 bridgehead atoms. The van der Waals surface area contributed by atoms with Crippen molar-refractivity contribution >= 4 is 27.3 Å². The molecule has 3 heteroatoms. The van der Waals surface area contributed by atoms with Gasteiger partial charge in [0.15, 0.2) is 0 Å². The van der Waals surface area contributed by atoms with E-state index in [9.17, 15) is 0 Å². The van der Waals surface area contributed by atoms with Gasteiger partial charge >= 0.3 is 0 Å². The Morgan fingerprint density at radius 1 is 0.941 bits per heavy atom. The van der Waals surface area contributed by atoms with Crippen molar-refractivity contribution in [2.45, 2.75) is 6.42 Å². The maximum atomic E-state index is 5.64. The Morgan fingerprint density at radius 2 is 1.59 bits per heavy atom. The first-order valence-corrected chi connectivity index (χ1v) is 6.37. The van der Waals surface area contributed by atoms with Gasteiger partial charge in [-0.3, -0.25) is 0 Å². The number of hydrogen-bond donors (Lipinski definition) is 2. The van der Waals surface area contributed by atoms with Crippen molar-refractivity contribution in [1.82, 2.24) is 0 Å². The first-order valence-electron chi connectivity index (χ1n) is 5.58. The molecule has 2 aromatic carbocycles. The van der Waals surface area contributed by atoms with Gasteiger partial charge in [-0.1, -0.05) is 28.1 Å². The fourth-order valence-corrected chi connectivity index (χ4v) is 1.87. The first kappa shape index (κ1) is 12.0. The van der Waals surface area contributed by atoms with Gasteiger partial charge in [0.1, 0.15) is 0 Å². The van der Waals surface area contributed by atoms with E-state index in [1.807, 2.05) is 24.3 Å². The van der Waals surface area contributed by atoms with Crippen molar-refractivity contribution in [3.8, 4) is 0 Å². The number of halogens is 1. The molecule has 0 saturated carbocycles. The van der Waals surface area contributed by atoms with Gasteiger partial charge in [0, 0.05) is 22.4 Å². The molecule has 2 nitrogen and oxygen atoms in total. The molecule has 2 aromatic rings. The van der Waals surface area contributed by atoms with E-state index >= 15 is 0 Å². The standard InChI is InChI=1S/C14H15BrN2/c15-12-3-7-14(8-4-12)17-10-9-11-1-5-13(16)6-2-11/h1-8,17H,9-10,16H2. The summed E-state index contributed by atoms with van der Waals surface area (Å²) in [6.45, 7) is 0.922. The van der Waals surface area contributed by atoms with Crippen LogP contribution in [0.5, 0.6) is 0 Å². The van der Waals surface area contributed by atoms with Crippen LogP contribution in [0.3, 0.4) is 0 Å². The summed E-state index contributed by atoms with van der Waals surface area (Å²) >= 11 is 3.42. The summed E-state index contributed by atoms with van der Waals surface area (Å²) in [5.41, 5.74) is 8.89. The smallest absolute Gasteiger partial charge is 0.0341 e. The van der Waals surface area contributed by atoms with Gasteiger partial charge in [-0.05, 0) is 48.4 Å². The third kappa shape index (κ3) is 3.79. The predicted molar refractivity (Wildman–Crippen MR) is 77.2 cm³/mol. The number of nitrogen functional groups attached to an aromatic ring is 1. The molecule has 88 valence electrons. The monoisotopic (exact) mass is 290 g/mol. The second-order valence-corrected chi connectivity index (χ2v) is 4.84. The highest BCUT2D eigenvalue weighted by atomic mass is 79.9. The lowest BCUT2D eigenvalue weighted by molar-refractivity contribution is 1.02. The fraction of sp³-hybridized carbons (Fsp3) is 0.143. The molecule has 17 heavy (non-hydrogen) atoms. The van der Waals surface area contributed by atoms with Crippen LogP contribution >= 0.6 is 15.9 Å². The zero-order chi connectivity index (χ0) is 12.1. The molecule has 0 atom stereocenters. The molecule has 0 unspecified atom stereocenters. The van der Waals surface area contributed by atoms with Crippen LogP contribution in [0, 0.1) is 0 Å². The highest BCUT2D eigenvalue weighted by molar-refractivity contribution is 9.10. The van der Waals surface area contributed by atoms with Crippen LogP contribution in [0.4, 0.5) is 11.4 Å². The summed E-state index contributed by atoms with van der Waals surface area (Å²) in [5.74, 6) is 0. The van der Waals surface area contributed by atoms with Gasteiger partial charge in [0.05, 0.1) is 0 Å². The molecule has 2 rings (SSSR count). The van der Waals surface area contributed by atoms with Crippen molar-refractivity contribution in [2.75, 3.05) is 17.6 Å². The van der Waals surface area contributed by atoms with E-state index in [4.69, 9.17) is 5.73 Å². The summed E-state index contributed by atoms with van der Waals surface area (Å²) in [5, 5.41) is 3.38. The van der Waals surface area contributed by atoms with E-state index < -0.39 is 0 Å². The third-order valence-corrected chi connectivity index (χ3v) is 3.10. The number of rotatable bonds is 4. The first-order chi connectivity index (χ1) is 8.24. The van der Waals surface area contributed by atoms with Gasteiger partial charge < -0.3 is 11.1 Å². The van der Waals surface area contributed by atoms with Crippen LogP contribution in [0.25, 0.3) is 0 Å². The molecule has 0 radical (unpaired) electrons. The predicted octanol–water partition coefficient (Wildman–Crippen LogP) is 3.69. The van der Waals surface area contributed by atoms with E-state index in [0.29, 0.717) is 0 Å². The van der Waals surface area contributed by atoms with Crippen molar-refractivity contribution in [3.63, 3.8) is 0 Å². The molecule has 0 saturated heterocycles. The second-order valence-electron chi connectivity index (χ2n) is 3.93. The highest BCUT2D eigenvalue weighted by Crippen LogP contribution is 2.14. The van der Waals surface area contributed by atoms with E-state index in [1.54, 1.807) is 0 Å². The van der Waals surface area contributed by atoms with Crippen LogP contribution in [0.2, 0.25) is 0 Å². The van der Waals surface area contributed by atoms with Crippen LogP contribution in [-0.4, -0.2) is 6.54 Å². The number of nitrogens with one attached hydrogen (secondary N) is 1. The van der Waals surface area contributed by atoms with Crippen molar-refractivity contribution < 1.29 is 0 Å². The third-order valence-electron chi connectivity index (χ3n) is 2.57. The largest absolute Gasteiger partial charge is 0.399 e. The Balaban J connectivity index is 1.83. The summed E-state index contributed by atoms with van der Waals surface area (Å²) < 4.78 is 1.10. The topological polar surface area (TPSA) is 38.0 Å². The fourth-order valence-electron chi connectivity index (χ4n) is 1.60. The summed E-state index contributed by atoms with van der Waals surface area (Å²) in [6, 6.07) is 16.2. The Morgan fingerprint density at radius 3 is 2.24 bits per heavy atom. The zero-order valence-electron chi connectivity index (χ0n) is 9.49. The van der Waals surface area contributed by atoms with Gasteiger partial charge in [-0.25, -0.2) is 0 Å². The maximum absolute atomic E-state index is 5.64. The number of hydrogen-bond acceptors (Lipinski definition) is 2. The SMILES string of the molecule is Nc1ccc(CCNc2ccc(Br)cc2)cc1. The second kappa shape index (κ2) is 5.73. The number of anilines is 2. The summed E-state index contributed by atoms with van der Waals surface area (Å²) in [6.07, 6.45) is 0.996. The minimum absolute atomic E-state index is 0.814.